The standard InChI is InChI=1S/C15H31N3O2/c1-12(2)16-15(3,14(19)20)7-9-18(5)11-13-6-8-17(4)10-13/h12-13,16H,6-11H2,1-5H3,(H,19,20). The number of hydrogen-bond acceptors (Lipinski definition) is 4. The van der Waals surface area contributed by atoms with Gasteiger partial charge in [-0.05, 0) is 60.2 Å². The predicted octanol–water partition coefficient (Wildman–Crippen LogP) is 1.10. The number of rotatable bonds is 8. The van der Waals surface area contributed by atoms with Gasteiger partial charge >= 0.3 is 5.97 Å². The second kappa shape index (κ2) is 7.38. The largest absolute Gasteiger partial charge is 0.480 e. The summed E-state index contributed by atoms with van der Waals surface area (Å²) in [6.07, 6.45) is 1.88. The van der Waals surface area contributed by atoms with Crippen LogP contribution in [0.4, 0.5) is 0 Å². The second-order valence-electron chi connectivity index (χ2n) is 6.87. The minimum absolute atomic E-state index is 0.171. The maximum atomic E-state index is 11.5. The molecule has 0 aliphatic carbocycles. The Balaban J connectivity index is 2.40. The van der Waals surface area contributed by atoms with Crippen molar-refractivity contribution in [2.24, 2.45) is 5.92 Å². The zero-order valence-corrected chi connectivity index (χ0v) is 13.6. The van der Waals surface area contributed by atoms with Crippen LogP contribution in [0.3, 0.4) is 0 Å². The van der Waals surface area contributed by atoms with Crippen molar-refractivity contribution in [1.29, 1.82) is 0 Å². The Bertz CT molecular complexity index is 322. The fourth-order valence-electron chi connectivity index (χ4n) is 3.00. The summed E-state index contributed by atoms with van der Waals surface area (Å²) in [5.74, 6) is -0.0423. The number of hydrogen-bond donors (Lipinski definition) is 2. The third-order valence-electron chi connectivity index (χ3n) is 4.13. The average molecular weight is 285 g/mol. The zero-order chi connectivity index (χ0) is 15.3. The van der Waals surface area contributed by atoms with Gasteiger partial charge in [0.15, 0.2) is 0 Å². The highest BCUT2D eigenvalue weighted by Gasteiger charge is 2.33. The molecule has 0 saturated carbocycles. The number of aliphatic carboxylic acids is 1. The van der Waals surface area contributed by atoms with Crippen LogP contribution in [-0.4, -0.2) is 72.7 Å². The molecular formula is C15H31N3O2. The lowest BCUT2D eigenvalue weighted by molar-refractivity contribution is -0.144. The highest BCUT2D eigenvalue weighted by Crippen LogP contribution is 2.17. The normalized spacial score (nSPS) is 23.4. The molecule has 5 heteroatoms. The molecule has 1 aliphatic rings. The molecule has 2 atom stereocenters. The van der Waals surface area contributed by atoms with E-state index >= 15 is 0 Å². The van der Waals surface area contributed by atoms with Crippen molar-refractivity contribution >= 4 is 5.97 Å². The lowest BCUT2D eigenvalue weighted by Gasteiger charge is -2.31. The average Bonchev–Trinajstić information content (AvgIpc) is 2.71. The fourth-order valence-corrected chi connectivity index (χ4v) is 3.00. The molecule has 1 heterocycles. The summed E-state index contributed by atoms with van der Waals surface area (Å²) < 4.78 is 0. The van der Waals surface area contributed by atoms with E-state index in [1.165, 1.54) is 13.0 Å². The number of carbonyl (C=O) groups is 1. The number of carboxylic acid groups (broad SMARTS) is 1. The van der Waals surface area contributed by atoms with Gasteiger partial charge in [0.1, 0.15) is 5.54 Å². The number of likely N-dealkylation sites (tertiary alicyclic amines) is 1. The molecule has 20 heavy (non-hydrogen) atoms. The Hall–Kier alpha value is -0.650. The predicted molar refractivity (Wildman–Crippen MR) is 82.0 cm³/mol. The summed E-state index contributed by atoms with van der Waals surface area (Å²) >= 11 is 0. The Morgan fingerprint density at radius 3 is 2.65 bits per heavy atom. The van der Waals surface area contributed by atoms with Crippen molar-refractivity contribution < 1.29 is 9.90 Å². The van der Waals surface area contributed by atoms with E-state index in [0.29, 0.717) is 6.42 Å². The molecular weight excluding hydrogens is 254 g/mol. The van der Waals surface area contributed by atoms with E-state index in [0.717, 1.165) is 25.6 Å². The first kappa shape index (κ1) is 17.4. The van der Waals surface area contributed by atoms with E-state index in [1.807, 2.05) is 13.8 Å². The minimum Gasteiger partial charge on any atom is -0.480 e. The van der Waals surface area contributed by atoms with Crippen LogP contribution in [0, 0.1) is 5.92 Å². The SMILES string of the molecule is CC(C)NC(C)(CCN(C)CC1CCN(C)C1)C(=O)O. The maximum absolute atomic E-state index is 11.5. The van der Waals surface area contributed by atoms with Crippen molar-refractivity contribution in [3.05, 3.63) is 0 Å². The first-order valence-corrected chi connectivity index (χ1v) is 7.61. The molecule has 1 aliphatic heterocycles. The van der Waals surface area contributed by atoms with Crippen molar-refractivity contribution in [3.63, 3.8) is 0 Å². The monoisotopic (exact) mass is 285 g/mol. The molecule has 5 nitrogen and oxygen atoms in total. The molecule has 0 aromatic heterocycles. The van der Waals surface area contributed by atoms with Crippen LogP contribution >= 0.6 is 0 Å². The van der Waals surface area contributed by atoms with Gasteiger partial charge in [0, 0.05) is 25.7 Å². The Morgan fingerprint density at radius 1 is 1.55 bits per heavy atom. The molecule has 0 aromatic rings. The van der Waals surface area contributed by atoms with Gasteiger partial charge in [-0.15, -0.1) is 0 Å². The van der Waals surface area contributed by atoms with E-state index in [2.05, 4.69) is 29.2 Å². The van der Waals surface area contributed by atoms with Crippen LogP contribution in [0.2, 0.25) is 0 Å². The van der Waals surface area contributed by atoms with E-state index in [9.17, 15) is 9.90 Å². The Kier molecular flexibility index (Phi) is 6.43. The van der Waals surface area contributed by atoms with Crippen molar-refractivity contribution in [2.75, 3.05) is 40.3 Å². The van der Waals surface area contributed by atoms with Crippen LogP contribution in [-0.2, 0) is 4.79 Å². The van der Waals surface area contributed by atoms with Crippen molar-refractivity contribution in [2.45, 2.75) is 45.2 Å². The number of nitrogens with zero attached hydrogens (tertiary/aromatic N) is 2. The molecule has 2 unspecified atom stereocenters. The Labute approximate surface area is 123 Å². The van der Waals surface area contributed by atoms with Gasteiger partial charge in [-0.25, -0.2) is 0 Å². The van der Waals surface area contributed by atoms with Gasteiger partial charge in [-0.2, -0.15) is 0 Å². The fraction of sp³-hybridized carbons (Fsp3) is 0.933. The third kappa shape index (κ3) is 5.38. The highest BCUT2D eigenvalue weighted by atomic mass is 16.4. The van der Waals surface area contributed by atoms with Crippen molar-refractivity contribution in [3.8, 4) is 0 Å². The molecule has 0 spiro atoms. The molecule has 0 radical (unpaired) electrons. The lowest BCUT2D eigenvalue weighted by Crippen LogP contribution is -2.53. The zero-order valence-electron chi connectivity index (χ0n) is 13.6. The summed E-state index contributed by atoms with van der Waals surface area (Å²) in [6, 6.07) is 0.171. The molecule has 118 valence electrons. The summed E-state index contributed by atoms with van der Waals surface area (Å²) in [5, 5.41) is 12.6. The highest BCUT2D eigenvalue weighted by molar-refractivity contribution is 5.78. The number of carboxylic acids is 1. The van der Waals surface area contributed by atoms with Gasteiger partial charge in [-0.1, -0.05) is 0 Å². The minimum atomic E-state index is -0.838. The van der Waals surface area contributed by atoms with E-state index in [4.69, 9.17) is 0 Å². The topological polar surface area (TPSA) is 55.8 Å². The van der Waals surface area contributed by atoms with E-state index in [1.54, 1.807) is 6.92 Å². The molecule has 0 aromatic carbocycles. The van der Waals surface area contributed by atoms with E-state index < -0.39 is 11.5 Å². The van der Waals surface area contributed by atoms with Gasteiger partial charge < -0.3 is 14.9 Å². The van der Waals surface area contributed by atoms with E-state index in [-0.39, 0.29) is 6.04 Å². The van der Waals surface area contributed by atoms with Gasteiger partial charge in [-0.3, -0.25) is 10.1 Å². The van der Waals surface area contributed by atoms with Crippen LogP contribution in [0.5, 0.6) is 0 Å². The third-order valence-corrected chi connectivity index (χ3v) is 4.13. The molecule has 1 saturated heterocycles. The molecule has 0 bridgehead atoms. The summed E-state index contributed by atoms with van der Waals surface area (Å²) in [4.78, 5) is 16.1. The van der Waals surface area contributed by atoms with Gasteiger partial charge in [0.2, 0.25) is 0 Å². The molecule has 1 rings (SSSR count). The van der Waals surface area contributed by atoms with Gasteiger partial charge in [0.25, 0.3) is 0 Å². The number of nitrogens with one attached hydrogen (secondary N) is 1. The van der Waals surface area contributed by atoms with Crippen molar-refractivity contribution in [1.82, 2.24) is 15.1 Å². The van der Waals surface area contributed by atoms with Crippen LogP contribution in [0.15, 0.2) is 0 Å². The van der Waals surface area contributed by atoms with Gasteiger partial charge in [0.05, 0.1) is 0 Å². The summed E-state index contributed by atoms with van der Waals surface area (Å²) in [6.45, 7) is 9.96. The second-order valence-corrected chi connectivity index (χ2v) is 6.87. The lowest BCUT2D eigenvalue weighted by atomic mass is 9.96. The molecule has 1 fully saturated rings. The van der Waals surface area contributed by atoms with Crippen LogP contribution < -0.4 is 5.32 Å². The summed E-state index contributed by atoms with van der Waals surface area (Å²) in [5.41, 5.74) is -0.838. The first-order valence-electron chi connectivity index (χ1n) is 7.61. The maximum Gasteiger partial charge on any atom is 0.323 e. The molecule has 0 amide bonds. The Morgan fingerprint density at radius 2 is 2.20 bits per heavy atom. The summed E-state index contributed by atoms with van der Waals surface area (Å²) in [7, 11) is 4.25. The smallest absolute Gasteiger partial charge is 0.323 e. The van der Waals surface area contributed by atoms with Crippen LogP contribution in [0.1, 0.15) is 33.6 Å². The molecule has 2 N–H and O–H groups in total. The van der Waals surface area contributed by atoms with Crippen LogP contribution in [0.25, 0.3) is 0 Å². The quantitative estimate of drug-likeness (QED) is 0.699. The first-order chi connectivity index (χ1) is 9.23.